The van der Waals surface area contributed by atoms with Gasteiger partial charge in [-0.3, -0.25) is 4.79 Å². The maximum absolute atomic E-state index is 13.6. The zero-order valence-corrected chi connectivity index (χ0v) is 10.3. The van der Waals surface area contributed by atoms with Crippen LogP contribution in [0.4, 0.5) is 4.39 Å². The lowest BCUT2D eigenvalue weighted by Gasteiger charge is -2.08. The zero-order valence-electron chi connectivity index (χ0n) is 10.3. The first-order valence-corrected chi connectivity index (χ1v) is 5.91. The highest BCUT2D eigenvalue weighted by molar-refractivity contribution is 5.94. The molecule has 19 heavy (non-hydrogen) atoms. The molecule has 1 N–H and O–H groups in total. The van der Waals surface area contributed by atoms with Crippen molar-refractivity contribution in [1.82, 2.24) is 10.2 Å². The number of H-pyrrole nitrogens is 1. The van der Waals surface area contributed by atoms with Crippen LogP contribution in [0, 0.1) is 12.7 Å². The summed E-state index contributed by atoms with van der Waals surface area (Å²) in [5, 5.41) is 7.81. The number of aromatic nitrogens is 2. The van der Waals surface area contributed by atoms with Gasteiger partial charge in [0.05, 0.1) is 11.1 Å². The van der Waals surface area contributed by atoms with Gasteiger partial charge in [0.15, 0.2) is 0 Å². The standard InChI is InChI=1S/C15H11FN2O/c1-9-10(7-4-8-13(9)16)14-11-5-2-3-6-12(11)15(19)18-17-14/h2-8H,1H3,(H,18,19). The molecule has 1 heterocycles. The molecule has 0 unspecified atom stereocenters. The van der Waals surface area contributed by atoms with Gasteiger partial charge >= 0.3 is 0 Å². The molecule has 0 amide bonds. The monoisotopic (exact) mass is 254 g/mol. The Morgan fingerprint density at radius 3 is 2.58 bits per heavy atom. The van der Waals surface area contributed by atoms with Crippen LogP contribution in [-0.4, -0.2) is 10.2 Å². The Morgan fingerprint density at radius 1 is 1.05 bits per heavy atom. The van der Waals surface area contributed by atoms with Crippen molar-refractivity contribution in [3.8, 4) is 11.3 Å². The topological polar surface area (TPSA) is 45.8 Å². The third-order valence-corrected chi connectivity index (χ3v) is 3.22. The van der Waals surface area contributed by atoms with Gasteiger partial charge in [-0.1, -0.05) is 30.3 Å². The predicted octanol–water partition coefficient (Wildman–Crippen LogP) is 3.04. The highest BCUT2D eigenvalue weighted by Gasteiger charge is 2.12. The smallest absolute Gasteiger partial charge is 0.267 e. The summed E-state index contributed by atoms with van der Waals surface area (Å²) < 4.78 is 13.6. The minimum Gasteiger partial charge on any atom is -0.267 e. The molecule has 3 nitrogen and oxygen atoms in total. The van der Waals surface area contributed by atoms with E-state index < -0.39 is 0 Å². The van der Waals surface area contributed by atoms with E-state index in [4.69, 9.17) is 0 Å². The van der Waals surface area contributed by atoms with E-state index in [1.54, 1.807) is 31.2 Å². The van der Waals surface area contributed by atoms with Crippen LogP contribution >= 0.6 is 0 Å². The summed E-state index contributed by atoms with van der Waals surface area (Å²) in [5.41, 5.74) is 1.56. The van der Waals surface area contributed by atoms with Crippen LogP contribution in [0.5, 0.6) is 0 Å². The van der Waals surface area contributed by atoms with E-state index in [9.17, 15) is 9.18 Å². The SMILES string of the molecule is Cc1c(F)cccc1-c1n[nH]c(=O)c2ccccc12. The Bertz CT molecular complexity index is 824. The molecule has 0 aliphatic carbocycles. The molecule has 0 aliphatic heterocycles. The van der Waals surface area contributed by atoms with Gasteiger partial charge in [-0.2, -0.15) is 5.10 Å². The Morgan fingerprint density at radius 2 is 1.79 bits per heavy atom. The Kier molecular flexibility index (Phi) is 2.63. The molecule has 0 spiro atoms. The molecule has 3 aromatic rings. The lowest BCUT2D eigenvalue weighted by atomic mass is 10.0. The van der Waals surface area contributed by atoms with Crippen LogP contribution in [0.3, 0.4) is 0 Å². The van der Waals surface area contributed by atoms with Crippen molar-refractivity contribution in [2.24, 2.45) is 0 Å². The molecule has 94 valence electrons. The minimum absolute atomic E-state index is 0.242. The highest BCUT2D eigenvalue weighted by Crippen LogP contribution is 2.27. The number of nitrogens with one attached hydrogen (secondary N) is 1. The second-order valence-electron chi connectivity index (χ2n) is 4.36. The number of aromatic amines is 1. The van der Waals surface area contributed by atoms with E-state index in [2.05, 4.69) is 10.2 Å². The predicted molar refractivity (Wildman–Crippen MR) is 72.5 cm³/mol. The van der Waals surface area contributed by atoms with Crippen LogP contribution in [-0.2, 0) is 0 Å². The molecule has 1 aromatic heterocycles. The first-order chi connectivity index (χ1) is 9.18. The molecule has 0 saturated heterocycles. The molecule has 0 fully saturated rings. The summed E-state index contributed by atoms with van der Waals surface area (Å²) in [6.45, 7) is 1.70. The summed E-state index contributed by atoms with van der Waals surface area (Å²) >= 11 is 0. The summed E-state index contributed by atoms with van der Waals surface area (Å²) in [4.78, 5) is 11.7. The summed E-state index contributed by atoms with van der Waals surface area (Å²) in [6, 6.07) is 12.0. The minimum atomic E-state index is -0.283. The average molecular weight is 254 g/mol. The molecule has 0 atom stereocenters. The van der Waals surface area contributed by atoms with E-state index in [-0.39, 0.29) is 11.4 Å². The fourth-order valence-electron chi connectivity index (χ4n) is 2.18. The van der Waals surface area contributed by atoms with E-state index in [0.29, 0.717) is 22.2 Å². The Balaban J connectivity index is 2.41. The van der Waals surface area contributed by atoms with Crippen molar-refractivity contribution < 1.29 is 4.39 Å². The van der Waals surface area contributed by atoms with Gasteiger partial charge < -0.3 is 0 Å². The van der Waals surface area contributed by atoms with Gasteiger partial charge in [-0.05, 0) is 24.6 Å². The van der Waals surface area contributed by atoms with E-state index in [1.807, 2.05) is 12.1 Å². The van der Waals surface area contributed by atoms with Crippen LogP contribution in [0.15, 0.2) is 47.3 Å². The Labute approximate surface area is 108 Å². The molecule has 0 bridgehead atoms. The normalized spacial score (nSPS) is 10.8. The number of nitrogens with zero attached hydrogens (tertiary/aromatic N) is 1. The van der Waals surface area contributed by atoms with Gasteiger partial charge in [-0.25, -0.2) is 9.49 Å². The lowest BCUT2D eigenvalue weighted by Crippen LogP contribution is -2.09. The largest absolute Gasteiger partial charge is 0.272 e. The van der Waals surface area contributed by atoms with Gasteiger partial charge in [0.1, 0.15) is 5.82 Å². The summed E-state index contributed by atoms with van der Waals surface area (Å²) in [6.07, 6.45) is 0. The number of benzene rings is 2. The second-order valence-corrected chi connectivity index (χ2v) is 4.36. The number of fused-ring (bicyclic) bond motifs is 1. The van der Waals surface area contributed by atoms with Crippen LogP contribution in [0.1, 0.15) is 5.56 Å². The van der Waals surface area contributed by atoms with Crippen molar-refractivity contribution in [2.45, 2.75) is 6.92 Å². The molecule has 0 radical (unpaired) electrons. The maximum Gasteiger partial charge on any atom is 0.272 e. The zero-order chi connectivity index (χ0) is 13.4. The molecule has 2 aromatic carbocycles. The van der Waals surface area contributed by atoms with Crippen LogP contribution in [0.2, 0.25) is 0 Å². The van der Waals surface area contributed by atoms with E-state index in [0.717, 1.165) is 5.39 Å². The van der Waals surface area contributed by atoms with Crippen molar-refractivity contribution in [1.29, 1.82) is 0 Å². The first-order valence-electron chi connectivity index (χ1n) is 5.91. The third kappa shape index (κ3) is 1.81. The molecule has 3 rings (SSSR count). The van der Waals surface area contributed by atoms with Gasteiger partial charge in [-0.15, -0.1) is 0 Å². The quantitative estimate of drug-likeness (QED) is 0.725. The number of hydrogen-bond donors (Lipinski definition) is 1. The van der Waals surface area contributed by atoms with Crippen molar-refractivity contribution >= 4 is 10.8 Å². The maximum atomic E-state index is 13.6. The molecule has 0 aliphatic rings. The second kappa shape index (κ2) is 4.31. The Hall–Kier alpha value is -2.49. The third-order valence-electron chi connectivity index (χ3n) is 3.22. The summed E-state index contributed by atoms with van der Waals surface area (Å²) in [7, 11) is 0. The van der Waals surface area contributed by atoms with Gasteiger partial charge in [0.25, 0.3) is 5.56 Å². The first kappa shape index (κ1) is 11.6. The fraction of sp³-hybridized carbons (Fsp3) is 0.0667. The fourth-order valence-corrected chi connectivity index (χ4v) is 2.18. The van der Waals surface area contributed by atoms with E-state index >= 15 is 0 Å². The number of halogens is 1. The van der Waals surface area contributed by atoms with Gasteiger partial charge in [0.2, 0.25) is 0 Å². The lowest BCUT2D eigenvalue weighted by molar-refractivity contribution is 0.619. The van der Waals surface area contributed by atoms with E-state index in [1.165, 1.54) is 6.07 Å². The molecule has 4 heteroatoms. The number of rotatable bonds is 1. The van der Waals surface area contributed by atoms with Crippen molar-refractivity contribution in [2.75, 3.05) is 0 Å². The highest BCUT2D eigenvalue weighted by atomic mass is 19.1. The molecular formula is C15H11FN2O. The van der Waals surface area contributed by atoms with Crippen molar-refractivity contribution in [3.63, 3.8) is 0 Å². The summed E-state index contributed by atoms with van der Waals surface area (Å²) in [5.74, 6) is -0.283. The molecular weight excluding hydrogens is 243 g/mol. The molecule has 0 saturated carbocycles. The van der Waals surface area contributed by atoms with Gasteiger partial charge in [0, 0.05) is 10.9 Å². The van der Waals surface area contributed by atoms with Crippen LogP contribution in [0.25, 0.3) is 22.0 Å². The average Bonchev–Trinajstić information content (AvgIpc) is 2.43. The van der Waals surface area contributed by atoms with Crippen molar-refractivity contribution in [3.05, 3.63) is 64.2 Å². The van der Waals surface area contributed by atoms with Crippen LogP contribution < -0.4 is 5.56 Å². The number of hydrogen-bond acceptors (Lipinski definition) is 2.